The Bertz CT molecular complexity index is 860. The first-order valence-corrected chi connectivity index (χ1v) is 9.26. The summed E-state index contributed by atoms with van der Waals surface area (Å²) in [4.78, 5) is 26.5. The number of carbonyl (C=O) groups excluding carboxylic acids is 1. The molecule has 27 heavy (non-hydrogen) atoms. The lowest BCUT2D eigenvalue weighted by Crippen LogP contribution is -2.37. The van der Waals surface area contributed by atoms with Crippen LogP contribution in [-0.4, -0.2) is 49.8 Å². The lowest BCUT2D eigenvalue weighted by atomic mass is 10.2. The van der Waals surface area contributed by atoms with Gasteiger partial charge in [0.15, 0.2) is 0 Å². The molecule has 0 saturated carbocycles. The number of H-pyrrole nitrogens is 1. The molecule has 8 heteroatoms. The summed E-state index contributed by atoms with van der Waals surface area (Å²) in [5.41, 5.74) is 1.84. The molecule has 4 heterocycles. The zero-order valence-corrected chi connectivity index (χ0v) is 15.1. The zero-order valence-electron chi connectivity index (χ0n) is 15.1. The number of amides is 1. The maximum absolute atomic E-state index is 12.2. The van der Waals surface area contributed by atoms with Gasteiger partial charge >= 0.3 is 0 Å². The summed E-state index contributed by atoms with van der Waals surface area (Å²) in [6.07, 6.45) is 9.51. The first-order valence-electron chi connectivity index (χ1n) is 9.26. The fraction of sp³-hybridized carbons (Fsp3) is 0.368. The number of anilines is 1. The van der Waals surface area contributed by atoms with Crippen molar-refractivity contribution in [3.8, 4) is 11.4 Å². The van der Waals surface area contributed by atoms with Gasteiger partial charge in [0.25, 0.3) is 0 Å². The number of hydrogen-bond donors (Lipinski definition) is 2. The van der Waals surface area contributed by atoms with Crippen LogP contribution in [0.3, 0.4) is 0 Å². The van der Waals surface area contributed by atoms with Gasteiger partial charge in [0.05, 0.1) is 11.4 Å². The Morgan fingerprint density at radius 2 is 2.26 bits per heavy atom. The van der Waals surface area contributed by atoms with E-state index in [1.807, 2.05) is 41.3 Å². The highest BCUT2D eigenvalue weighted by atomic mass is 16.1. The number of carbonyl (C=O) groups is 1. The van der Waals surface area contributed by atoms with E-state index in [4.69, 9.17) is 0 Å². The third-order valence-electron chi connectivity index (χ3n) is 4.70. The average molecular weight is 365 g/mol. The standard InChI is InChI=1S/C19H23N7O/c27-18(5-2-11-26-12-3-9-22-26)23-15-7-13-25(14-15)19-21-10-6-17(24-19)16-4-1-8-20-16/h1,3-4,6,8-10,12,15,20H,2,5,7,11,13-14H2,(H,23,27). The molecule has 0 spiro atoms. The highest BCUT2D eigenvalue weighted by molar-refractivity contribution is 5.76. The normalized spacial score (nSPS) is 16.6. The van der Waals surface area contributed by atoms with Crippen LogP contribution in [0.15, 0.2) is 49.1 Å². The zero-order chi connectivity index (χ0) is 18.5. The van der Waals surface area contributed by atoms with Crippen molar-refractivity contribution in [1.29, 1.82) is 0 Å². The third-order valence-corrected chi connectivity index (χ3v) is 4.70. The van der Waals surface area contributed by atoms with Crippen molar-refractivity contribution in [3.63, 3.8) is 0 Å². The SMILES string of the molecule is O=C(CCCn1cccn1)NC1CCN(c2nccc(-c3ccc[nH]3)n2)C1. The molecule has 1 fully saturated rings. The van der Waals surface area contributed by atoms with Gasteiger partial charge in [0, 0.05) is 56.9 Å². The molecule has 140 valence electrons. The van der Waals surface area contributed by atoms with Crippen molar-refractivity contribution in [2.24, 2.45) is 0 Å². The second-order valence-corrected chi connectivity index (χ2v) is 6.70. The lowest BCUT2D eigenvalue weighted by Gasteiger charge is -2.17. The molecule has 3 aromatic rings. The van der Waals surface area contributed by atoms with Crippen LogP contribution in [0.25, 0.3) is 11.4 Å². The van der Waals surface area contributed by atoms with Gasteiger partial charge in [-0.3, -0.25) is 9.48 Å². The summed E-state index contributed by atoms with van der Waals surface area (Å²) >= 11 is 0. The number of hydrogen-bond acceptors (Lipinski definition) is 5. The highest BCUT2D eigenvalue weighted by Crippen LogP contribution is 2.20. The second-order valence-electron chi connectivity index (χ2n) is 6.70. The van der Waals surface area contributed by atoms with Gasteiger partial charge < -0.3 is 15.2 Å². The monoisotopic (exact) mass is 365 g/mol. The molecule has 3 aromatic heterocycles. The van der Waals surface area contributed by atoms with E-state index < -0.39 is 0 Å². The average Bonchev–Trinajstić information content (AvgIpc) is 3.44. The van der Waals surface area contributed by atoms with Gasteiger partial charge in [0.1, 0.15) is 0 Å². The number of nitrogens with zero attached hydrogens (tertiary/aromatic N) is 5. The smallest absolute Gasteiger partial charge is 0.225 e. The van der Waals surface area contributed by atoms with E-state index in [-0.39, 0.29) is 11.9 Å². The maximum Gasteiger partial charge on any atom is 0.225 e. The van der Waals surface area contributed by atoms with E-state index in [1.165, 1.54) is 0 Å². The Kier molecular flexibility index (Phi) is 5.13. The van der Waals surface area contributed by atoms with E-state index in [0.717, 1.165) is 43.9 Å². The third kappa shape index (κ3) is 4.33. The van der Waals surface area contributed by atoms with Crippen LogP contribution in [0.2, 0.25) is 0 Å². The number of aromatic nitrogens is 5. The summed E-state index contributed by atoms with van der Waals surface area (Å²) in [5, 5.41) is 7.28. The van der Waals surface area contributed by atoms with Gasteiger partial charge in [-0.2, -0.15) is 5.10 Å². The quantitative estimate of drug-likeness (QED) is 0.667. The Hall–Kier alpha value is -3.16. The van der Waals surface area contributed by atoms with Gasteiger partial charge in [0.2, 0.25) is 11.9 Å². The molecule has 8 nitrogen and oxygen atoms in total. The molecule has 1 aliphatic heterocycles. The number of nitrogens with one attached hydrogen (secondary N) is 2. The minimum Gasteiger partial charge on any atom is -0.360 e. The molecule has 1 unspecified atom stereocenters. The molecule has 1 saturated heterocycles. The molecule has 0 bridgehead atoms. The molecular weight excluding hydrogens is 342 g/mol. The molecule has 0 radical (unpaired) electrons. The van der Waals surface area contributed by atoms with E-state index >= 15 is 0 Å². The Balaban J connectivity index is 1.27. The van der Waals surface area contributed by atoms with Crippen LogP contribution < -0.4 is 10.2 Å². The lowest BCUT2D eigenvalue weighted by molar-refractivity contribution is -0.121. The Labute approximate surface area is 157 Å². The van der Waals surface area contributed by atoms with Crippen LogP contribution in [-0.2, 0) is 11.3 Å². The fourth-order valence-corrected chi connectivity index (χ4v) is 3.33. The Morgan fingerprint density at radius 3 is 3.07 bits per heavy atom. The van der Waals surface area contributed by atoms with Crippen LogP contribution in [0, 0.1) is 0 Å². The van der Waals surface area contributed by atoms with Gasteiger partial charge in [-0.15, -0.1) is 0 Å². The molecule has 1 aliphatic rings. The van der Waals surface area contributed by atoms with Crippen LogP contribution in [0.4, 0.5) is 5.95 Å². The second kappa shape index (κ2) is 8.03. The summed E-state index contributed by atoms with van der Waals surface area (Å²) in [6.45, 7) is 2.34. The molecule has 0 aromatic carbocycles. The van der Waals surface area contributed by atoms with Crippen molar-refractivity contribution in [1.82, 2.24) is 30.0 Å². The van der Waals surface area contributed by atoms with Crippen LogP contribution in [0.5, 0.6) is 0 Å². The topological polar surface area (TPSA) is 91.7 Å². The predicted octanol–water partition coefficient (Wildman–Crippen LogP) is 1.84. The molecule has 4 rings (SSSR count). The molecule has 1 amide bonds. The summed E-state index contributed by atoms with van der Waals surface area (Å²) in [5.74, 6) is 0.799. The Morgan fingerprint density at radius 1 is 1.30 bits per heavy atom. The molecule has 1 atom stereocenters. The van der Waals surface area contributed by atoms with Crippen molar-refractivity contribution in [2.75, 3.05) is 18.0 Å². The van der Waals surface area contributed by atoms with Crippen LogP contribution in [0.1, 0.15) is 19.3 Å². The minimum absolute atomic E-state index is 0.0926. The van der Waals surface area contributed by atoms with E-state index in [9.17, 15) is 4.79 Å². The number of aryl methyl sites for hydroxylation is 1. The highest BCUT2D eigenvalue weighted by Gasteiger charge is 2.25. The molecule has 0 aliphatic carbocycles. The van der Waals surface area contributed by atoms with E-state index in [1.54, 1.807) is 12.4 Å². The van der Waals surface area contributed by atoms with Crippen molar-refractivity contribution < 1.29 is 4.79 Å². The largest absolute Gasteiger partial charge is 0.360 e. The molecule has 2 N–H and O–H groups in total. The van der Waals surface area contributed by atoms with Gasteiger partial charge in [-0.25, -0.2) is 9.97 Å². The predicted molar refractivity (Wildman–Crippen MR) is 102 cm³/mol. The van der Waals surface area contributed by atoms with Gasteiger partial charge in [-0.05, 0) is 37.1 Å². The van der Waals surface area contributed by atoms with E-state index in [0.29, 0.717) is 12.4 Å². The first kappa shape index (κ1) is 17.3. The van der Waals surface area contributed by atoms with Crippen molar-refractivity contribution in [3.05, 3.63) is 49.1 Å². The number of rotatable bonds is 7. The van der Waals surface area contributed by atoms with Crippen LogP contribution >= 0.6 is 0 Å². The summed E-state index contributed by atoms with van der Waals surface area (Å²) in [7, 11) is 0. The van der Waals surface area contributed by atoms with E-state index in [2.05, 4.69) is 30.3 Å². The number of aromatic amines is 1. The first-order chi connectivity index (χ1) is 13.3. The fourth-order valence-electron chi connectivity index (χ4n) is 3.33. The summed E-state index contributed by atoms with van der Waals surface area (Å²) < 4.78 is 1.85. The summed E-state index contributed by atoms with van der Waals surface area (Å²) in [6, 6.07) is 7.86. The van der Waals surface area contributed by atoms with Crippen molar-refractivity contribution in [2.45, 2.75) is 31.8 Å². The van der Waals surface area contributed by atoms with Crippen molar-refractivity contribution >= 4 is 11.9 Å². The molecular formula is C19H23N7O. The minimum atomic E-state index is 0.0926. The van der Waals surface area contributed by atoms with Gasteiger partial charge in [-0.1, -0.05) is 0 Å². The maximum atomic E-state index is 12.2.